The van der Waals surface area contributed by atoms with Crippen molar-refractivity contribution in [2.75, 3.05) is 13.7 Å². The van der Waals surface area contributed by atoms with Gasteiger partial charge in [0, 0.05) is 0 Å². The summed E-state index contributed by atoms with van der Waals surface area (Å²) in [6.45, 7) is 2.19. The van der Waals surface area contributed by atoms with Crippen LogP contribution in [0, 0.1) is 0 Å². The first-order chi connectivity index (χ1) is 14.0. The predicted molar refractivity (Wildman–Crippen MR) is 107 cm³/mol. The van der Waals surface area contributed by atoms with Crippen LogP contribution >= 0.6 is 11.8 Å². The highest BCUT2D eigenvalue weighted by molar-refractivity contribution is 8.15. The third kappa shape index (κ3) is 4.83. The number of hydrogen-bond donors (Lipinski definition) is 1. The number of carbonyl (C=O) groups is 3. The molecule has 0 aliphatic carbocycles. The van der Waals surface area contributed by atoms with E-state index in [4.69, 9.17) is 9.47 Å². The van der Waals surface area contributed by atoms with Crippen LogP contribution in [0.2, 0.25) is 0 Å². The van der Waals surface area contributed by atoms with Crippen LogP contribution in [0.5, 0.6) is 0 Å². The van der Waals surface area contributed by atoms with Gasteiger partial charge in [0.25, 0.3) is 0 Å². The van der Waals surface area contributed by atoms with Crippen LogP contribution in [-0.4, -0.2) is 56.8 Å². The lowest BCUT2D eigenvalue weighted by atomic mass is 10.2. The molecule has 29 heavy (non-hydrogen) atoms. The summed E-state index contributed by atoms with van der Waals surface area (Å²) >= 11 is 1.14. The number of aromatic nitrogens is 2. The molecule has 152 valence electrons. The van der Waals surface area contributed by atoms with Gasteiger partial charge in [-0.1, -0.05) is 42.1 Å². The number of amides is 1. The quantitative estimate of drug-likeness (QED) is 0.689. The fourth-order valence-electron chi connectivity index (χ4n) is 2.69. The van der Waals surface area contributed by atoms with Crippen molar-refractivity contribution in [3.8, 4) is 0 Å². The van der Waals surface area contributed by atoms with Crippen molar-refractivity contribution in [2.24, 2.45) is 4.99 Å². The Bertz CT molecular complexity index is 928. The summed E-state index contributed by atoms with van der Waals surface area (Å²) in [5.74, 6) is -1.20. The molecule has 1 saturated heterocycles. The van der Waals surface area contributed by atoms with Crippen LogP contribution in [-0.2, 0) is 25.6 Å². The van der Waals surface area contributed by atoms with Crippen LogP contribution in [0.1, 0.15) is 29.4 Å². The molecule has 2 aromatic rings. The maximum absolute atomic E-state index is 12.9. The van der Waals surface area contributed by atoms with Gasteiger partial charge in [0.2, 0.25) is 5.91 Å². The molecule has 10 heteroatoms. The van der Waals surface area contributed by atoms with Gasteiger partial charge < -0.3 is 14.5 Å². The van der Waals surface area contributed by atoms with Crippen molar-refractivity contribution in [2.45, 2.75) is 25.1 Å². The average molecular weight is 416 g/mol. The normalized spacial score (nSPS) is 17.6. The Hall–Kier alpha value is -3.14. The zero-order valence-corrected chi connectivity index (χ0v) is 16.8. The van der Waals surface area contributed by atoms with Gasteiger partial charge >= 0.3 is 11.9 Å². The van der Waals surface area contributed by atoms with Crippen molar-refractivity contribution < 1.29 is 23.9 Å². The molecular formula is C19H20N4O5S. The number of esters is 2. The summed E-state index contributed by atoms with van der Waals surface area (Å²) < 4.78 is 9.69. The molecule has 0 radical (unpaired) electrons. The van der Waals surface area contributed by atoms with Gasteiger partial charge in [-0.15, -0.1) is 0 Å². The maximum Gasteiger partial charge on any atom is 0.358 e. The van der Waals surface area contributed by atoms with Gasteiger partial charge in [-0.05, 0) is 12.5 Å². The molecule has 0 saturated carbocycles. The average Bonchev–Trinajstić information content (AvgIpc) is 3.29. The molecule has 1 atom stereocenters. The number of methoxy groups -OCH3 is 1. The van der Waals surface area contributed by atoms with Crippen molar-refractivity contribution in [1.82, 2.24) is 14.9 Å². The number of hydrogen-bond acceptors (Lipinski definition) is 8. The fourth-order valence-corrected chi connectivity index (χ4v) is 3.81. The van der Waals surface area contributed by atoms with Gasteiger partial charge in [0.1, 0.15) is 5.25 Å². The predicted octanol–water partition coefficient (Wildman–Crippen LogP) is 2.28. The Morgan fingerprint density at radius 2 is 2.07 bits per heavy atom. The molecule has 1 fully saturated rings. The molecule has 1 N–H and O–H groups in total. The minimum absolute atomic E-state index is 0.0738. The molecule has 1 aliphatic rings. The zero-order chi connectivity index (χ0) is 20.8. The molecule has 3 rings (SSSR count). The summed E-state index contributed by atoms with van der Waals surface area (Å²) in [4.78, 5) is 49.4. The standard InChI is InChI=1S/C19H20N4O5S/c1-3-28-18(26)15-16(21-11-20-15)22-19-23(10-12-7-5-4-6-8-12)17(25)13(29-19)9-14(24)27-2/h4-8,11,13H,3,9-10H2,1-2H3,(H,20,21)/t13-/m0/s1. The van der Waals surface area contributed by atoms with E-state index < -0.39 is 17.2 Å². The Balaban J connectivity index is 1.92. The van der Waals surface area contributed by atoms with E-state index in [0.29, 0.717) is 5.17 Å². The Kier molecular flexibility index (Phi) is 6.65. The second-order valence-corrected chi connectivity index (χ2v) is 7.18. The second-order valence-electron chi connectivity index (χ2n) is 6.01. The number of carbonyl (C=O) groups excluding carboxylic acids is 3. The molecule has 0 spiro atoms. The molecule has 1 aromatic carbocycles. The van der Waals surface area contributed by atoms with E-state index in [1.54, 1.807) is 6.92 Å². The van der Waals surface area contributed by atoms with E-state index in [0.717, 1.165) is 17.3 Å². The monoisotopic (exact) mass is 416 g/mol. The van der Waals surface area contributed by atoms with Gasteiger partial charge in [-0.2, -0.15) is 0 Å². The highest BCUT2D eigenvalue weighted by Gasteiger charge is 2.39. The largest absolute Gasteiger partial charge is 0.469 e. The van der Waals surface area contributed by atoms with Crippen molar-refractivity contribution in [1.29, 1.82) is 0 Å². The van der Waals surface area contributed by atoms with Gasteiger partial charge in [-0.25, -0.2) is 14.8 Å². The van der Waals surface area contributed by atoms with Crippen LogP contribution in [0.4, 0.5) is 5.82 Å². The number of nitrogens with zero attached hydrogens (tertiary/aromatic N) is 3. The van der Waals surface area contributed by atoms with E-state index in [1.165, 1.54) is 18.3 Å². The lowest BCUT2D eigenvalue weighted by Gasteiger charge is -2.16. The van der Waals surface area contributed by atoms with Gasteiger partial charge in [-0.3, -0.25) is 14.5 Å². The first kappa shape index (κ1) is 20.6. The smallest absolute Gasteiger partial charge is 0.358 e. The molecule has 2 heterocycles. The number of aliphatic imine (C=N–C) groups is 1. The Morgan fingerprint density at radius 3 is 2.76 bits per heavy atom. The number of imidazole rings is 1. The first-order valence-corrected chi connectivity index (χ1v) is 9.79. The van der Waals surface area contributed by atoms with E-state index in [-0.39, 0.29) is 37.0 Å². The fraction of sp³-hybridized carbons (Fsp3) is 0.316. The summed E-state index contributed by atoms with van der Waals surface area (Å²) in [5.41, 5.74) is 1.00. The number of ether oxygens (including phenoxy) is 2. The third-order valence-corrected chi connectivity index (χ3v) is 5.26. The van der Waals surface area contributed by atoms with Crippen molar-refractivity contribution in [3.05, 3.63) is 47.9 Å². The molecule has 0 unspecified atom stereocenters. The van der Waals surface area contributed by atoms with Crippen LogP contribution in [0.3, 0.4) is 0 Å². The topological polar surface area (TPSA) is 114 Å². The van der Waals surface area contributed by atoms with Crippen LogP contribution < -0.4 is 0 Å². The second kappa shape index (κ2) is 9.37. The molecule has 1 aliphatic heterocycles. The van der Waals surface area contributed by atoms with Gasteiger partial charge in [0.15, 0.2) is 16.7 Å². The number of aromatic amines is 1. The summed E-state index contributed by atoms with van der Waals surface area (Å²) in [6, 6.07) is 9.41. The van der Waals surface area contributed by atoms with E-state index >= 15 is 0 Å². The third-order valence-electron chi connectivity index (χ3n) is 4.08. The van der Waals surface area contributed by atoms with E-state index in [1.807, 2.05) is 30.3 Å². The number of rotatable bonds is 7. The molecule has 9 nitrogen and oxygen atoms in total. The molecular weight excluding hydrogens is 396 g/mol. The number of nitrogens with one attached hydrogen (secondary N) is 1. The zero-order valence-electron chi connectivity index (χ0n) is 16.0. The molecule has 0 bridgehead atoms. The Labute approximate surface area is 171 Å². The molecule has 1 aromatic heterocycles. The maximum atomic E-state index is 12.9. The minimum atomic E-state index is -0.658. The Morgan fingerprint density at radius 1 is 1.31 bits per heavy atom. The van der Waals surface area contributed by atoms with Crippen LogP contribution in [0.25, 0.3) is 0 Å². The highest BCUT2D eigenvalue weighted by atomic mass is 32.2. The number of thioether (sulfide) groups is 1. The SMILES string of the molecule is CCOC(=O)c1[nH]cnc1N=C1S[C@@H](CC(=O)OC)C(=O)N1Cc1ccccc1. The van der Waals surface area contributed by atoms with Crippen molar-refractivity contribution in [3.63, 3.8) is 0 Å². The summed E-state index contributed by atoms with van der Waals surface area (Å²) in [7, 11) is 1.28. The minimum Gasteiger partial charge on any atom is -0.469 e. The summed E-state index contributed by atoms with van der Waals surface area (Å²) in [6.07, 6.45) is 1.26. The van der Waals surface area contributed by atoms with Crippen LogP contribution in [0.15, 0.2) is 41.7 Å². The van der Waals surface area contributed by atoms with Gasteiger partial charge in [0.05, 0.1) is 33.0 Å². The lowest BCUT2D eigenvalue weighted by molar-refractivity contribution is -0.142. The summed E-state index contributed by atoms with van der Waals surface area (Å²) in [5, 5.41) is -0.305. The van der Waals surface area contributed by atoms with E-state index in [2.05, 4.69) is 15.0 Å². The number of H-pyrrole nitrogens is 1. The molecule has 1 amide bonds. The first-order valence-electron chi connectivity index (χ1n) is 8.91. The van der Waals surface area contributed by atoms with Crippen molar-refractivity contribution >= 4 is 40.6 Å². The number of benzene rings is 1. The number of amidine groups is 1. The van der Waals surface area contributed by atoms with E-state index in [9.17, 15) is 14.4 Å². The highest BCUT2D eigenvalue weighted by Crippen LogP contribution is 2.33. The lowest BCUT2D eigenvalue weighted by Crippen LogP contribution is -2.32.